The predicted octanol–water partition coefficient (Wildman–Crippen LogP) is 1.82. The second-order valence-corrected chi connectivity index (χ2v) is 2.96. The van der Waals surface area contributed by atoms with Crippen LogP contribution in [-0.4, -0.2) is 10.8 Å². The molecule has 3 nitrogen and oxygen atoms in total. The number of hydrogen-bond donors (Lipinski definition) is 0. The van der Waals surface area contributed by atoms with E-state index >= 15 is 0 Å². The molecule has 0 spiro atoms. The summed E-state index contributed by atoms with van der Waals surface area (Å²) in [4.78, 5) is 0. The van der Waals surface area contributed by atoms with E-state index in [-0.39, 0.29) is 5.82 Å². The van der Waals surface area contributed by atoms with Crippen LogP contribution in [0.15, 0.2) is 24.3 Å². The number of hydrogen-bond acceptors (Lipinski definition) is 3. The summed E-state index contributed by atoms with van der Waals surface area (Å²) >= 11 is -1.80. The van der Waals surface area contributed by atoms with E-state index in [4.69, 9.17) is 4.18 Å². The van der Waals surface area contributed by atoms with Crippen molar-refractivity contribution >= 4 is 11.4 Å². The Bertz CT molecular complexity index is 286. The fraction of sp³-hybridized carbons (Fsp3) is 0.250. The highest BCUT2D eigenvalue weighted by Crippen LogP contribution is 2.12. The molecule has 0 fully saturated rings. The Morgan fingerprint density at radius 3 is 2.54 bits per heavy atom. The van der Waals surface area contributed by atoms with E-state index in [2.05, 4.69) is 4.18 Å². The molecule has 0 radical (unpaired) electrons. The third-order valence-electron chi connectivity index (χ3n) is 1.19. The smallest absolute Gasteiger partial charge is 0.360 e. The van der Waals surface area contributed by atoms with Gasteiger partial charge in [0.2, 0.25) is 0 Å². The average Bonchev–Trinajstić information content (AvgIpc) is 2.09. The van der Waals surface area contributed by atoms with Crippen LogP contribution < -0.4 is 4.18 Å². The summed E-state index contributed by atoms with van der Waals surface area (Å²) in [6, 6.07) is 5.20. The summed E-state index contributed by atoms with van der Waals surface area (Å²) < 4.78 is 32.7. The predicted molar refractivity (Wildman–Crippen MR) is 46.8 cm³/mol. The van der Waals surface area contributed by atoms with Crippen LogP contribution in [0.2, 0.25) is 0 Å². The molecular formula is C8H9FO3S. The minimum absolute atomic E-state index is 0.299. The molecule has 13 heavy (non-hydrogen) atoms. The zero-order chi connectivity index (χ0) is 9.68. The van der Waals surface area contributed by atoms with Gasteiger partial charge in [-0.2, -0.15) is 4.21 Å². The average molecular weight is 204 g/mol. The van der Waals surface area contributed by atoms with Gasteiger partial charge in [-0.1, -0.05) is 0 Å². The van der Waals surface area contributed by atoms with Crippen molar-refractivity contribution in [3.8, 4) is 5.75 Å². The normalized spacial score (nSPS) is 12.5. The molecule has 0 saturated heterocycles. The van der Waals surface area contributed by atoms with E-state index < -0.39 is 11.4 Å². The topological polar surface area (TPSA) is 35.5 Å². The van der Waals surface area contributed by atoms with Crippen molar-refractivity contribution in [3.05, 3.63) is 30.1 Å². The van der Waals surface area contributed by atoms with E-state index in [0.29, 0.717) is 12.4 Å². The molecule has 0 aliphatic carbocycles. The van der Waals surface area contributed by atoms with Crippen molar-refractivity contribution in [1.82, 2.24) is 0 Å². The molecule has 0 aliphatic rings. The maximum atomic E-state index is 12.4. The minimum atomic E-state index is -1.80. The van der Waals surface area contributed by atoms with E-state index in [0.717, 1.165) is 0 Å². The van der Waals surface area contributed by atoms with Gasteiger partial charge in [0.25, 0.3) is 0 Å². The molecule has 1 unspecified atom stereocenters. The summed E-state index contributed by atoms with van der Waals surface area (Å²) in [6.07, 6.45) is 0. The zero-order valence-electron chi connectivity index (χ0n) is 7.03. The van der Waals surface area contributed by atoms with Crippen LogP contribution in [0.25, 0.3) is 0 Å². The first-order chi connectivity index (χ1) is 6.22. The standard InChI is InChI=1S/C8H9FO3S/c1-2-11-13(10)12-8-5-3-7(9)4-6-8/h3-6H,2H2,1H3. The fourth-order valence-electron chi connectivity index (χ4n) is 0.689. The van der Waals surface area contributed by atoms with Crippen molar-refractivity contribution in [2.75, 3.05) is 6.61 Å². The molecule has 0 aliphatic heterocycles. The fourth-order valence-corrected chi connectivity index (χ4v) is 1.20. The summed E-state index contributed by atoms with van der Waals surface area (Å²) in [7, 11) is 0. The van der Waals surface area contributed by atoms with Crippen molar-refractivity contribution in [2.24, 2.45) is 0 Å². The molecule has 0 aromatic heterocycles. The van der Waals surface area contributed by atoms with Gasteiger partial charge in [0.1, 0.15) is 11.6 Å². The summed E-state index contributed by atoms with van der Waals surface area (Å²) in [5.41, 5.74) is 0. The first-order valence-electron chi connectivity index (χ1n) is 3.71. The van der Waals surface area contributed by atoms with Crippen LogP contribution in [0.3, 0.4) is 0 Å². The van der Waals surface area contributed by atoms with Gasteiger partial charge in [-0.25, -0.2) is 4.39 Å². The van der Waals surface area contributed by atoms with Crippen LogP contribution in [-0.2, 0) is 15.5 Å². The molecule has 0 amide bonds. The Labute approximate surface area is 78.3 Å². The molecule has 5 heteroatoms. The summed E-state index contributed by atoms with van der Waals surface area (Å²) in [5.74, 6) is -0.0530. The molecule has 1 atom stereocenters. The number of benzene rings is 1. The first-order valence-corrected chi connectivity index (χ1v) is 4.71. The van der Waals surface area contributed by atoms with Crippen LogP contribution in [0.1, 0.15) is 6.92 Å². The lowest BCUT2D eigenvalue weighted by Crippen LogP contribution is -2.04. The van der Waals surface area contributed by atoms with Crippen LogP contribution in [0, 0.1) is 5.82 Å². The monoisotopic (exact) mass is 204 g/mol. The lowest BCUT2D eigenvalue weighted by molar-refractivity contribution is 0.329. The lowest BCUT2D eigenvalue weighted by atomic mass is 10.3. The molecule has 0 N–H and O–H groups in total. The molecule has 0 heterocycles. The molecule has 72 valence electrons. The van der Waals surface area contributed by atoms with Crippen LogP contribution in [0.5, 0.6) is 5.75 Å². The minimum Gasteiger partial charge on any atom is -0.380 e. The Hall–Kier alpha value is -0.940. The number of halogens is 1. The molecule has 1 aromatic rings. The highest BCUT2D eigenvalue weighted by Gasteiger charge is 2.01. The SMILES string of the molecule is CCOS(=O)Oc1ccc(F)cc1. The van der Waals surface area contributed by atoms with Crippen LogP contribution in [0.4, 0.5) is 4.39 Å². The van der Waals surface area contributed by atoms with Crippen molar-refractivity contribution < 1.29 is 17.0 Å². The van der Waals surface area contributed by atoms with E-state index in [9.17, 15) is 8.60 Å². The molecule has 1 aromatic carbocycles. The highest BCUT2D eigenvalue weighted by molar-refractivity contribution is 7.75. The van der Waals surface area contributed by atoms with Gasteiger partial charge >= 0.3 is 11.4 Å². The quantitative estimate of drug-likeness (QED) is 0.750. The van der Waals surface area contributed by atoms with Crippen LogP contribution >= 0.6 is 0 Å². The number of rotatable bonds is 4. The highest BCUT2D eigenvalue weighted by atomic mass is 32.2. The van der Waals surface area contributed by atoms with E-state index in [1.807, 2.05) is 0 Å². The van der Waals surface area contributed by atoms with Gasteiger partial charge in [0, 0.05) is 0 Å². The van der Waals surface area contributed by atoms with Crippen molar-refractivity contribution in [1.29, 1.82) is 0 Å². The molecule has 0 saturated carbocycles. The van der Waals surface area contributed by atoms with Gasteiger partial charge in [0.05, 0.1) is 6.61 Å². The maximum absolute atomic E-state index is 12.4. The molecule has 1 rings (SSSR count). The van der Waals surface area contributed by atoms with Crippen molar-refractivity contribution in [2.45, 2.75) is 6.92 Å². The second-order valence-electron chi connectivity index (χ2n) is 2.15. The van der Waals surface area contributed by atoms with E-state index in [1.54, 1.807) is 6.92 Å². The third kappa shape index (κ3) is 3.52. The Balaban J connectivity index is 2.54. The van der Waals surface area contributed by atoms with Gasteiger partial charge in [-0.05, 0) is 31.2 Å². The van der Waals surface area contributed by atoms with Crippen molar-refractivity contribution in [3.63, 3.8) is 0 Å². The molecular weight excluding hydrogens is 195 g/mol. The Morgan fingerprint density at radius 2 is 2.00 bits per heavy atom. The first kappa shape index (κ1) is 10.1. The third-order valence-corrected chi connectivity index (χ3v) is 1.95. The Kier molecular flexibility index (Phi) is 3.85. The Morgan fingerprint density at radius 1 is 1.38 bits per heavy atom. The van der Waals surface area contributed by atoms with E-state index in [1.165, 1.54) is 24.3 Å². The summed E-state index contributed by atoms with van der Waals surface area (Å²) in [5, 5.41) is 0. The maximum Gasteiger partial charge on any atom is 0.360 e. The molecule has 0 bridgehead atoms. The van der Waals surface area contributed by atoms with Gasteiger partial charge < -0.3 is 4.18 Å². The zero-order valence-corrected chi connectivity index (χ0v) is 7.84. The van der Waals surface area contributed by atoms with Gasteiger partial charge in [0.15, 0.2) is 0 Å². The largest absolute Gasteiger partial charge is 0.380 e. The van der Waals surface area contributed by atoms with Gasteiger partial charge in [-0.3, -0.25) is 4.18 Å². The van der Waals surface area contributed by atoms with Gasteiger partial charge in [-0.15, -0.1) is 0 Å². The lowest BCUT2D eigenvalue weighted by Gasteiger charge is -2.02. The summed E-state index contributed by atoms with van der Waals surface area (Å²) in [6.45, 7) is 2.00. The second kappa shape index (κ2) is 4.94.